The van der Waals surface area contributed by atoms with Crippen molar-refractivity contribution in [1.29, 1.82) is 0 Å². The number of anilines is 2. The third kappa shape index (κ3) is 2.66. The average Bonchev–Trinajstić information content (AvgIpc) is 3.21. The Balaban J connectivity index is 1.51. The number of benzene rings is 3. The fourth-order valence-electron chi connectivity index (χ4n) is 4.32. The molecule has 3 aromatic carbocycles. The second kappa shape index (κ2) is 6.66. The standard InChI is InChI=1S/C25H20N2O3/c1-15-7-10-19(11-8-15)27-24(29)20-12-9-18(14-21(20)25(27)30)23(28)26-16(2)13-17-5-3-4-6-22(17)26/h3-12,14,16H,13H2,1-2H3/t16-/m0/s1. The minimum absolute atomic E-state index is 0.0320. The van der Waals surface area contributed by atoms with E-state index in [0.29, 0.717) is 16.8 Å². The SMILES string of the molecule is Cc1ccc(N2C(=O)c3ccc(C(=O)N4c5ccccc5C[C@@H]4C)cc3C2=O)cc1. The predicted molar refractivity (Wildman–Crippen MR) is 115 cm³/mol. The number of hydrogen-bond donors (Lipinski definition) is 0. The van der Waals surface area contributed by atoms with Gasteiger partial charge in [-0.1, -0.05) is 35.9 Å². The van der Waals surface area contributed by atoms with E-state index >= 15 is 0 Å². The largest absolute Gasteiger partial charge is 0.305 e. The Morgan fingerprint density at radius 1 is 0.900 bits per heavy atom. The molecule has 2 heterocycles. The highest BCUT2D eigenvalue weighted by atomic mass is 16.2. The van der Waals surface area contributed by atoms with Gasteiger partial charge in [-0.3, -0.25) is 14.4 Å². The van der Waals surface area contributed by atoms with Gasteiger partial charge in [-0.15, -0.1) is 0 Å². The number of fused-ring (bicyclic) bond motifs is 2. The highest BCUT2D eigenvalue weighted by Gasteiger charge is 2.38. The lowest BCUT2D eigenvalue weighted by Crippen LogP contribution is -2.35. The Labute approximate surface area is 174 Å². The van der Waals surface area contributed by atoms with E-state index in [-0.39, 0.29) is 23.4 Å². The maximum absolute atomic E-state index is 13.3. The second-order valence-corrected chi connectivity index (χ2v) is 7.90. The molecule has 148 valence electrons. The first-order chi connectivity index (χ1) is 14.5. The predicted octanol–water partition coefficient (Wildman–Crippen LogP) is 4.39. The van der Waals surface area contributed by atoms with Gasteiger partial charge in [-0.2, -0.15) is 0 Å². The first-order valence-electron chi connectivity index (χ1n) is 9.96. The molecular weight excluding hydrogens is 376 g/mol. The summed E-state index contributed by atoms with van der Waals surface area (Å²) in [5.74, 6) is -0.926. The molecule has 0 radical (unpaired) electrons. The Morgan fingerprint density at radius 2 is 1.60 bits per heavy atom. The summed E-state index contributed by atoms with van der Waals surface area (Å²) in [7, 11) is 0. The highest BCUT2D eigenvalue weighted by Crippen LogP contribution is 2.34. The number of hydrogen-bond acceptors (Lipinski definition) is 3. The van der Waals surface area contributed by atoms with E-state index in [0.717, 1.165) is 23.2 Å². The fourth-order valence-corrected chi connectivity index (χ4v) is 4.32. The lowest BCUT2D eigenvalue weighted by Gasteiger charge is -2.23. The van der Waals surface area contributed by atoms with Crippen LogP contribution in [0.4, 0.5) is 11.4 Å². The number of nitrogens with zero attached hydrogens (tertiary/aromatic N) is 2. The van der Waals surface area contributed by atoms with Crippen LogP contribution in [0.5, 0.6) is 0 Å². The molecule has 5 heteroatoms. The quantitative estimate of drug-likeness (QED) is 0.604. The fraction of sp³-hybridized carbons (Fsp3) is 0.160. The van der Waals surface area contributed by atoms with Gasteiger partial charge in [-0.25, -0.2) is 4.90 Å². The molecule has 5 nitrogen and oxygen atoms in total. The highest BCUT2D eigenvalue weighted by molar-refractivity contribution is 6.34. The van der Waals surface area contributed by atoms with Crippen LogP contribution in [0.3, 0.4) is 0 Å². The van der Waals surface area contributed by atoms with Crippen LogP contribution < -0.4 is 9.80 Å². The zero-order chi connectivity index (χ0) is 21.0. The smallest absolute Gasteiger partial charge is 0.266 e. The van der Waals surface area contributed by atoms with Crippen molar-refractivity contribution in [3.63, 3.8) is 0 Å². The Hall–Kier alpha value is -3.73. The molecule has 5 rings (SSSR count). The van der Waals surface area contributed by atoms with Gasteiger partial charge >= 0.3 is 0 Å². The number of carbonyl (C=O) groups excluding carboxylic acids is 3. The molecule has 0 saturated carbocycles. The van der Waals surface area contributed by atoms with Crippen molar-refractivity contribution >= 4 is 29.1 Å². The van der Waals surface area contributed by atoms with Gasteiger partial charge in [0.05, 0.1) is 16.8 Å². The van der Waals surface area contributed by atoms with Crippen LogP contribution in [0.2, 0.25) is 0 Å². The summed E-state index contributed by atoms with van der Waals surface area (Å²) in [5, 5.41) is 0. The molecule has 0 unspecified atom stereocenters. The van der Waals surface area contributed by atoms with Gasteiger partial charge in [0, 0.05) is 17.3 Å². The number of amides is 3. The van der Waals surface area contributed by atoms with E-state index in [1.165, 1.54) is 4.90 Å². The van der Waals surface area contributed by atoms with Crippen LogP contribution in [0.1, 0.15) is 49.1 Å². The van der Waals surface area contributed by atoms with Gasteiger partial charge in [0.1, 0.15) is 0 Å². The number of rotatable bonds is 2. The van der Waals surface area contributed by atoms with Crippen LogP contribution in [0, 0.1) is 6.92 Å². The van der Waals surface area contributed by atoms with Crippen LogP contribution in [-0.2, 0) is 6.42 Å². The van der Waals surface area contributed by atoms with Crippen molar-refractivity contribution in [2.45, 2.75) is 26.3 Å². The first kappa shape index (κ1) is 18.3. The van der Waals surface area contributed by atoms with Crippen molar-refractivity contribution in [3.8, 4) is 0 Å². The average molecular weight is 396 g/mol. The second-order valence-electron chi connectivity index (χ2n) is 7.90. The Bertz CT molecular complexity index is 1210. The molecule has 0 aliphatic carbocycles. The number of carbonyl (C=O) groups is 3. The van der Waals surface area contributed by atoms with E-state index in [2.05, 4.69) is 0 Å². The normalized spacial score (nSPS) is 17.3. The molecule has 3 amide bonds. The van der Waals surface area contributed by atoms with Crippen LogP contribution >= 0.6 is 0 Å². The molecule has 0 aromatic heterocycles. The van der Waals surface area contributed by atoms with Crippen molar-refractivity contribution in [3.05, 3.63) is 94.5 Å². The molecule has 0 bridgehead atoms. The minimum Gasteiger partial charge on any atom is -0.305 e. The first-order valence-corrected chi connectivity index (χ1v) is 9.96. The number of aryl methyl sites for hydroxylation is 1. The number of imide groups is 1. The number of para-hydroxylation sites is 1. The molecule has 2 aliphatic rings. The van der Waals surface area contributed by atoms with Crippen molar-refractivity contribution in [2.75, 3.05) is 9.80 Å². The lowest BCUT2D eigenvalue weighted by molar-refractivity contribution is 0.0925. The lowest BCUT2D eigenvalue weighted by atomic mass is 10.0. The maximum Gasteiger partial charge on any atom is 0.266 e. The summed E-state index contributed by atoms with van der Waals surface area (Å²) in [4.78, 5) is 42.1. The van der Waals surface area contributed by atoms with E-state index < -0.39 is 5.91 Å². The van der Waals surface area contributed by atoms with Gasteiger partial charge < -0.3 is 4.90 Å². The summed E-state index contributed by atoms with van der Waals surface area (Å²) in [6, 6.07) is 19.9. The third-order valence-electron chi connectivity index (χ3n) is 5.85. The van der Waals surface area contributed by atoms with Gasteiger partial charge in [0.2, 0.25) is 0 Å². The molecule has 3 aromatic rings. The summed E-state index contributed by atoms with van der Waals surface area (Å²) >= 11 is 0. The summed E-state index contributed by atoms with van der Waals surface area (Å²) in [6.07, 6.45) is 0.797. The van der Waals surface area contributed by atoms with Crippen LogP contribution in [0.25, 0.3) is 0 Å². The Kier molecular flexibility index (Phi) is 4.07. The maximum atomic E-state index is 13.3. The van der Waals surface area contributed by atoms with Crippen molar-refractivity contribution in [2.24, 2.45) is 0 Å². The zero-order valence-electron chi connectivity index (χ0n) is 16.8. The Morgan fingerprint density at radius 3 is 2.37 bits per heavy atom. The van der Waals surface area contributed by atoms with Crippen LogP contribution in [0.15, 0.2) is 66.7 Å². The van der Waals surface area contributed by atoms with E-state index in [1.807, 2.05) is 50.2 Å². The zero-order valence-corrected chi connectivity index (χ0v) is 16.8. The molecule has 1 atom stereocenters. The van der Waals surface area contributed by atoms with Gasteiger partial charge in [-0.05, 0) is 62.2 Å². The van der Waals surface area contributed by atoms with Gasteiger partial charge in [0.15, 0.2) is 0 Å². The molecule has 2 aliphatic heterocycles. The summed E-state index contributed by atoms with van der Waals surface area (Å²) < 4.78 is 0. The van der Waals surface area contributed by atoms with Gasteiger partial charge in [0.25, 0.3) is 17.7 Å². The molecular formula is C25H20N2O3. The van der Waals surface area contributed by atoms with E-state index in [1.54, 1.807) is 35.2 Å². The molecule has 30 heavy (non-hydrogen) atoms. The van der Waals surface area contributed by atoms with Crippen molar-refractivity contribution < 1.29 is 14.4 Å². The topological polar surface area (TPSA) is 57.7 Å². The molecule has 0 N–H and O–H groups in total. The minimum atomic E-state index is -0.400. The molecule has 0 saturated heterocycles. The van der Waals surface area contributed by atoms with Crippen LogP contribution in [-0.4, -0.2) is 23.8 Å². The molecule has 0 spiro atoms. The van der Waals surface area contributed by atoms with E-state index in [4.69, 9.17) is 0 Å². The summed E-state index contributed by atoms with van der Waals surface area (Å²) in [5.41, 5.74) is 4.61. The monoisotopic (exact) mass is 396 g/mol. The summed E-state index contributed by atoms with van der Waals surface area (Å²) in [6.45, 7) is 3.96. The van der Waals surface area contributed by atoms with E-state index in [9.17, 15) is 14.4 Å². The third-order valence-corrected chi connectivity index (χ3v) is 5.85. The van der Waals surface area contributed by atoms with Crippen molar-refractivity contribution in [1.82, 2.24) is 0 Å². The molecule has 0 fully saturated rings.